The molecule has 0 saturated carbocycles. The summed E-state index contributed by atoms with van der Waals surface area (Å²) in [5.74, 6) is -0.819. The summed E-state index contributed by atoms with van der Waals surface area (Å²) in [6, 6.07) is 0.00805. The van der Waals surface area contributed by atoms with Gasteiger partial charge >= 0.3 is 12.0 Å². The molecule has 0 heterocycles. The Kier molecular flexibility index (Phi) is 9.06. The lowest BCUT2D eigenvalue weighted by molar-refractivity contribution is -0.138. The third-order valence-electron chi connectivity index (χ3n) is 3.06. The zero-order chi connectivity index (χ0) is 14.0. The van der Waals surface area contributed by atoms with Crippen LogP contribution in [0.5, 0.6) is 0 Å². The number of carbonyl (C=O) groups is 2. The Balaban J connectivity index is 3.96. The molecular formula is C13H26N2O3. The molecular weight excluding hydrogens is 232 g/mol. The van der Waals surface area contributed by atoms with E-state index in [1.54, 1.807) is 0 Å². The molecule has 0 aliphatic carbocycles. The number of carboxylic acids is 1. The van der Waals surface area contributed by atoms with Crippen molar-refractivity contribution in [3.63, 3.8) is 0 Å². The minimum atomic E-state index is -0.818. The monoisotopic (exact) mass is 258 g/mol. The lowest BCUT2D eigenvalue weighted by Gasteiger charge is -2.18. The summed E-state index contributed by atoms with van der Waals surface area (Å²) in [5, 5.41) is 14.4. The Hall–Kier alpha value is -1.26. The van der Waals surface area contributed by atoms with Gasteiger partial charge < -0.3 is 15.7 Å². The number of nitrogens with one attached hydrogen (secondary N) is 2. The fourth-order valence-electron chi connectivity index (χ4n) is 1.81. The highest BCUT2D eigenvalue weighted by atomic mass is 16.4. The molecule has 0 aliphatic rings. The van der Waals surface area contributed by atoms with Gasteiger partial charge in [0.25, 0.3) is 0 Å². The maximum absolute atomic E-state index is 11.6. The minimum Gasteiger partial charge on any atom is -0.481 e. The van der Waals surface area contributed by atoms with Crippen LogP contribution in [0.1, 0.15) is 52.9 Å². The minimum absolute atomic E-state index is 0.000461. The Morgan fingerprint density at radius 3 is 2.28 bits per heavy atom. The lowest BCUT2D eigenvalue weighted by atomic mass is 10.0. The van der Waals surface area contributed by atoms with Crippen LogP contribution in [0.2, 0.25) is 0 Å². The van der Waals surface area contributed by atoms with E-state index < -0.39 is 5.97 Å². The van der Waals surface area contributed by atoms with Gasteiger partial charge in [-0.05, 0) is 18.8 Å². The number of hydrogen-bond donors (Lipinski definition) is 3. The lowest BCUT2D eigenvalue weighted by Crippen LogP contribution is -2.43. The van der Waals surface area contributed by atoms with E-state index in [2.05, 4.69) is 17.6 Å². The van der Waals surface area contributed by atoms with Gasteiger partial charge in [0.15, 0.2) is 0 Å². The molecule has 2 amide bonds. The van der Waals surface area contributed by atoms with Crippen molar-refractivity contribution in [2.75, 3.05) is 6.54 Å². The van der Waals surface area contributed by atoms with Crippen molar-refractivity contribution in [2.24, 2.45) is 5.92 Å². The normalized spacial score (nSPS) is 13.7. The molecule has 2 unspecified atom stereocenters. The first-order valence-corrected chi connectivity index (χ1v) is 6.79. The van der Waals surface area contributed by atoms with Gasteiger partial charge in [-0.15, -0.1) is 0 Å². The fourth-order valence-corrected chi connectivity index (χ4v) is 1.81. The second kappa shape index (κ2) is 9.74. The third-order valence-corrected chi connectivity index (χ3v) is 3.06. The van der Waals surface area contributed by atoms with Crippen LogP contribution in [0.3, 0.4) is 0 Å². The average Bonchev–Trinajstić information content (AvgIpc) is 2.33. The summed E-state index contributed by atoms with van der Waals surface area (Å²) >= 11 is 0. The average molecular weight is 258 g/mol. The number of urea groups is 1. The van der Waals surface area contributed by atoms with Gasteiger partial charge in [0.1, 0.15) is 0 Å². The van der Waals surface area contributed by atoms with E-state index in [4.69, 9.17) is 5.11 Å². The zero-order valence-corrected chi connectivity index (χ0v) is 11.7. The van der Waals surface area contributed by atoms with Crippen molar-refractivity contribution in [2.45, 2.75) is 58.9 Å². The molecule has 18 heavy (non-hydrogen) atoms. The highest BCUT2D eigenvalue weighted by molar-refractivity contribution is 5.74. The summed E-state index contributed by atoms with van der Waals surface area (Å²) in [4.78, 5) is 22.2. The molecule has 0 bridgehead atoms. The van der Waals surface area contributed by atoms with Crippen molar-refractivity contribution in [3.8, 4) is 0 Å². The van der Waals surface area contributed by atoms with Crippen molar-refractivity contribution >= 4 is 12.0 Å². The first kappa shape index (κ1) is 16.7. The van der Waals surface area contributed by atoms with Crippen LogP contribution in [-0.2, 0) is 4.79 Å². The fraction of sp³-hybridized carbons (Fsp3) is 0.846. The van der Waals surface area contributed by atoms with Gasteiger partial charge in [-0.1, -0.05) is 33.6 Å². The van der Waals surface area contributed by atoms with E-state index in [0.717, 1.165) is 25.7 Å². The van der Waals surface area contributed by atoms with E-state index >= 15 is 0 Å². The zero-order valence-electron chi connectivity index (χ0n) is 11.7. The first-order chi connectivity index (χ1) is 8.53. The molecule has 0 aromatic rings. The molecule has 5 heteroatoms. The first-order valence-electron chi connectivity index (χ1n) is 6.79. The Bertz CT molecular complexity index is 257. The number of amides is 2. The molecule has 2 atom stereocenters. The van der Waals surface area contributed by atoms with Crippen molar-refractivity contribution in [1.29, 1.82) is 0 Å². The molecule has 106 valence electrons. The highest BCUT2D eigenvalue weighted by Crippen LogP contribution is 2.06. The van der Waals surface area contributed by atoms with Crippen LogP contribution in [0.25, 0.3) is 0 Å². The number of carboxylic acid groups (broad SMARTS) is 1. The van der Waals surface area contributed by atoms with Gasteiger partial charge in [0.2, 0.25) is 0 Å². The molecule has 0 aromatic heterocycles. The third kappa shape index (κ3) is 7.92. The number of hydrogen-bond acceptors (Lipinski definition) is 2. The standard InChI is InChI=1S/C13H26N2O3/c1-4-7-11(6-3)15-13(18)14-9-10(5-2)8-12(16)17/h10-11H,4-9H2,1-3H3,(H,16,17)(H2,14,15,18). The summed E-state index contributed by atoms with van der Waals surface area (Å²) in [5.41, 5.74) is 0. The van der Waals surface area contributed by atoms with Crippen LogP contribution in [0.4, 0.5) is 4.79 Å². The van der Waals surface area contributed by atoms with Crippen LogP contribution in [-0.4, -0.2) is 29.7 Å². The van der Waals surface area contributed by atoms with Gasteiger partial charge in [-0.2, -0.15) is 0 Å². The van der Waals surface area contributed by atoms with Crippen molar-refractivity contribution in [1.82, 2.24) is 10.6 Å². The molecule has 0 aromatic carbocycles. The topological polar surface area (TPSA) is 78.4 Å². The SMILES string of the molecule is CCCC(CC)NC(=O)NCC(CC)CC(=O)O. The van der Waals surface area contributed by atoms with E-state index in [0.29, 0.717) is 6.54 Å². The summed E-state index contributed by atoms with van der Waals surface area (Å²) < 4.78 is 0. The Morgan fingerprint density at radius 1 is 1.17 bits per heavy atom. The van der Waals surface area contributed by atoms with Crippen LogP contribution >= 0.6 is 0 Å². The maximum Gasteiger partial charge on any atom is 0.315 e. The second-order valence-electron chi connectivity index (χ2n) is 4.62. The number of rotatable bonds is 9. The maximum atomic E-state index is 11.6. The molecule has 0 saturated heterocycles. The van der Waals surface area contributed by atoms with E-state index in [-0.39, 0.29) is 24.4 Å². The molecule has 3 N–H and O–H groups in total. The largest absolute Gasteiger partial charge is 0.481 e. The smallest absolute Gasteiger partial charge is 0.315 e. The second-order valence-corrected chi connectivity index (χ2v) is 4.62. The predicted octanol–water partition coefficient (Wildman–Crippen LogP) is 2.37. The van der Waals surface area contributed by atoms with E-state index in [1.165, 1.54) is 0 Å². The Labute approximate surface area is 109 Å². The summed E-state index contributed by atoms with van der Waals surface area (Å²) in [6.07, 6.45) is 3.76. The van der Waals surface area contributed by atoms with Gasteiger partial charge in [-0.3, -0.25) is 4.79 Å². The van der Waals surface area contributed by atoms with Gasteiger partial charge in [-0.25, -0.2) is 4.79 Å². The Morgan fingerprint density at radius 2 is 1.83 bits per heavy atom. The molecule has 0 radical (unpaired) electrons. The van der Waals surface area contributed by atoms with Crippen LogP contribution in [0.15, 0.2) is 0 Å². The number of carbonyl (C=O) groups excluding carboxylic acids is 1. The predicted molar refractivity (Wildman–Crippen MR) is 71.6 cm³/mol. The number of aliphatic carboxylic acids is 1. The van der Waals surface area contributed by atoms with Gasteiger partial charge in [0, 0.05) is 19.0 Å². The van der Waals surface area contributed by atoms with Crippen LogP contribution in [0, 0.1) is 5.92 Å². The molecule has 5 nitrogen and oxygen atoms in total. The van der Waals surface area contributed by atoms with Crippen LogP contribution < -0.4 is 10.6 Å². The summed E-state index contributed by atoms with van der Waals surface area (Å²) in [6.45, 7) is 6.47. The molecule has 0 rings (SSSR count). The van der Waals surface area contributed by atoms with Gasteiger partial charge in [0.05, 0.1) is 0 Å². The highest BCUT2D eigenvalue weighted by Gasteiger charge is 2.14. The quantitative estimate of drug-likeness (QED) is 0.594. The summed E-state index contributed by atoms with van der Waals surface area (Å²) in [7, 11) is 0. The molecule has 0 fully saturated rings. The van der Waals surface area contributed by atoms with E-state index in [9.17, 15) is 9.59 Å². The molecule has 0 aliphatic heterocycles. The molecule has 0 spiro atoms. The van der Waals surface area contributed by atoms with Crippen molar-refractivity contribution in [3.05, 3.63) is 0 Å². The van der Waals surface area contributed by atoms with E-state index in [1.807, 2.05) is 13.8 Å². The van der Waals surface area contributed by atoms with Crippen molar-refractivity contribution < 1.29 is 14.7 Å².